The number of aliphatic hydroxyl groups excluding tert-OH is 1. The van der Waals surface area contributed by atoms with Crippen molar-refractivity contribution in [3.05, 3.63) is 194 Å². The van der Waals surface area contributed by atoms with Crippen molar-refractivity contribution in [3.63, 3.8) is 0 Å². The molecule has 8 aromatic rings. The molecule has 1 aromatic carbocycles. The van der Waals surface area contributed by atoms with Crippen LogP contribution in [0, 0.1) is 0 Å². The van der Waals surface area contributed by atoms with E-state index in [1.54, 1.807) is 26.0 Å². The largest absolute Gasteiger partial charge is 1.00 e. The zero-order chi connectivity index (χ0) is 76.8. The number of aromatic nitrogens is 7. The molecule has 107 heavy (non-hydrogen) atoms. The van der Waals surface area contributed by atoms with Crippen LogP contribution in [-0.2, 0) is 80.7 Å². The number of benzene rings is 1. The maximum Gasteiger partial charge on any atom is 1.00 e. The number of imidazole rings is 2. The number of halogens is 18. The fraction of sp³-hybridized carbons (Fsp3) is 0.311. The van der Waals surface area contributed by atoms with Gasteiger partial charge in [-0.3, -0.25) is 44.7 Å². The number of hydrazine groups is 1. The molecule has 10 N–H and O–H groups in total. The van der Waals surface area contributed by atoms with Crippen molar-refractivity contribution in [2.75, 3.05) is 19.8 Å². The number of amides is 3. The van der Waals surface area contributed by atoms with Crippen LogP contribution < -0.4 is 52.3 Å². The molecular weight excluding hydrogens is 1560 g/mol. The second kappa shape index (κ2) is 46.1. The van der Waals surface area contributed by atoms with Crippen LogP contribution in [0.1, 0.15) is 165 Å². The number of esters is 3. The average Bonchev–Trinajstić information content (AvgIpc) is 1.61. The fourth-order valence-corrected chi connectivity index (χ4v) is 7.97. The molecule has 1 aliphatic rings. The third kappa shape index (κ3) is 32.6. The van der Waals surface area contributed by atoms with E-state index in [1.165, 1.54) is 52.9 Å². The third-order valence-electron chi connectivity index (χ3n) is 12.1. The fourth-order valence-electron chi connectivity index (χ4n) is 7.97. The van der Waals surface area contributed by atoms with Gasteiger partial charge in [-0.25, -0.2) is 39.3 Å². The molecular formula is C61H68BCl3F15N12NaO13P. The number of carbonyl (C=O) groups is 7. The van der Waals surface area contributed by atoms with Gasteiger partial charge >= 0.3 is 83.5 Å². The number of hydrogen-bond acceptors (Lipinski definition) is 20. The van der Waals surface area contributed by atoms with E-state index in [2.05, 4.69) is 85.1 Å². The molecule has 0 fully saturated rings. The van der Waals surface area contributed by atoms with Gasteiger partial charge in [-0.2, -0.15) is 65.9 Å². The van der Waals surface area contributed by atoms with Gasteiger partial charge in [-0.15, -0.1) is 0 Å². The predicted octanol–water partition coefficient (Wildman–Crippen LogP) is 10.2. The summed E-state index contributed by atoms with van der Waals surface area (Å²) in [6.45, 7) is 4.63. The molecule has 0 bridgehead atoms. The maximum absolute atomic E-state index is 13.0. The van der Waals surface area contributed by atoms with Crippen LogP contribution in [0.25, 0.3) is 11.0 Å². The van der Waals surface area contributed by atoms with Gasteiger partial charge in [0.1, 0.15) is 22.8 Å². The van der Waals surface area contributed by atoms with Crippen molar-refractivity contribution >= 4 is 100 Å². The normalized spacial score (nSPS) is 11.3. The van der Waals surface area contributed by atoms with E-state index in [9.17, 15) is 104 Å². The SMILES string of the molecule is C.C.C.CC(=O)c1cc(C(F)(F)F)cc(CN2C(=O)c3ccccc3C2=O)n1.CCOC(=O)c1cc(C(F)(F)F)cc(CN)n1.CCOC(=O)c1cc(C(F)(F)F)cc(CNC=O)n1.CCOC(=O)c1cc(C(F)(F)F)cc2cncn12.NN.O.O=P(Cl)(Cl)Cl.OCc1cc(C(F)(F)F)cc2cncn12.[B].[H-].[Na+]. The summed E-state index contributed by atoms with van der Waals surface area (Å²) in [6.07, 6.45) is -17.2. The van der Waals surface area contributed by atoms with E-state index < -0.39 is 118 Å². The Bertz CT molecular complexity index is 4250. The number of pyridine rings is 5. The van der Waals surface area contributed by atoms with E-state index in [1.807, 2.05) is 0 Å². The molecule has 8 heterocycles. The number of fused-ring (bicyclic) bond motifs is 3. The first kappa shape index (κ1) is 105. The molecule has 0 spiro atoms. The monoisotopic (exact) mass is 1630 g/mol. The van der Waals surface area contributed by atoms with Crippen LogP contribution in [0.3, 0.4) is 0 Å². The first-order valence-electron chi connectivity index (χ1n) is 27.7. The number of carbonyl (C=O) groups excluding carboxylic acids is 7. The van der Waals surface area contributed by atoms with Gasteiger partial charge in [0.2, 0.25) is 6.41 Å². The molecule has 25 nitrogen and oxygen atoms in total. The Hall–Kier alpha value is -8.35. The summed E-state index contributed by atoms with van der Waals surface area (Å²) >= 11 is 13.8. The number of alkyl halides is 15. The zero-order valence-corrected chi connectivity index (χ0v) is 59.2. The summed E-state index contributed by atoms with van der Waals surface area (Å²) in [5.74, 6) is 3.49. The average molecular weight is 1630 g/mol. The Labute approximate surface area is 639 Å². The molecule has 9 rings (SSSR count). The third-order valence-corrected chi connectivity index (χ3v) is 12.1. The van der Waals surface area contributed by atoms with Gasteiger partial charge < -0.3 is 41.7 Å². The number of rotatable bonds is 14. The first-order chi connectivity index (χ1) is 46.9. The standard InChI is InChI=1S/C17H11F3N2O3.C11H11F3N2O3.C11H9F3N2O2.C10H11F3N2O2.C9H7F3N2O.3CH4.B.Cl3OP.H4N2.Na.H2O.H/c1-9(23)14-7-10(17(18,19)20)6-11(21-14)8-22-15(24)12-4-2-3-5-13(12)16(22)25;1-2-19-10(18)9-4-7(11(12,13)14)3-8(16-9)5-15-6-17;1-2-18-10(17)9-4-7(11(12,13)14)3-8-5-15-6-16(8)9;1-2-17-9(16)8-4-6(10(11,12)13)3-7(5-14)15-8;10-9(11,12)6-1-7-3-13-5-14(7)8(2-6)4-15;;;;;1-5(2,3)4;1-2;;;/h2-7H,8H2,1H3;3-4,6H,2,5H2,1H3,(H,15,17);3-6H,2H2,1H3;3-4H,2,5,14H2,1H3;1-3,5,15H,4H2;3*1H4;;;1-2H2;;1H2;/q;;;;;;;;;;;+1;;-1. The smallest absolute Gasteiger partial charge is 1.00 e. The Morgan fingerprint density at radius 1 is 0.579 bits per heavy atom. The van der Waals surface area contributed by atoms with E-state index in [4.69, 9.17) is 15.6 Å². The van der Waals surface area contributed by atoms with Crippen molar-refractivity contribution in [2.24, 2.45) is 17.4 Å². The zero-order valence-electron chi connectivity index (χ0n) is 55.0. The van der Waals surface area contributed by atoms with Crippen LogP contribution in [0.15, 0.2) is 110 Å². The Morgan fingerprint density at radius 2 is 0.925 bits per heavy atom. The summed E-state index contributed by atoms with van der Waals surface area (Å²) in [5.41, 5.74) is -0.136. The number of imide groups is 1. The van der Waals surface area contributed by atoms with Crippen LogP contribution in [0.2, 0.25) is 0 Å². The quantitative estimate of drug-likeness (QED) is 0.00645. The summed E-state index contributed by atoms with van der Waals surface area (Å²) in [6, 6.07) is 13.9. The Balaban J connectivity index is -0.000000397. The number of nitrogens with two attached hydrogens (primary N) is 3. The molecule has 3 radical (unpaired) electrons. The number of nitrogens with one attached hydrogen (secondary N) is 1. The van der Waals surface area contributed by atoms with Gasteiger partial charge in [0.05, 0.1) is 137 Å². The van der Waals surface area contributed by atoms with E-state index in [0.29, 0.717) is 30.1 Å². The number of aliphatic hydroxyl groups is 1. The second-order valence-corrected chi connectivity index (χ2v) is 25.8. The molecule has 0 saturated carbocycles. The number of nitrogens with zero attached hydrogens (tertiary/aromatic N) is 8. The van der Waals surface area contributed by atoms with Crippen molar-refractivity contribution in [1.82, 2.24) is 43.9 Å². The van der Waals surface area contributed by atoms with Crippen LogP contribution in [-0.4, -0.2) is 119 Å². The number of ether oxygens (including phenoxy) is 3. The van der Waals surface area contributed by atoms with E-state index in [0.717, 1.165) is 54.3 Å². The van der Waals surface area contributed by atoms with Crippen LogP contribution >= 0.6 is 38.9 Å². The minimum Gasteiger partial charge on any atom is -1.00 e. The molecule has 0 atom stereocenters. The number of ketones is 1. The second-order valence-electron chi connectivity index (χ2n) is 19.1. The molecule has 0 aliphatic carbocycles. The van der Waals surface area contributed by atoms with Crippen molar-refractivity contribution in [2.45, 2.75) is 107 Å². The summed E-state index contributed by atoms with van der Waals surface area (Å²) in [7, 11) is 0. The summed E-state index contributed by atoms with van der Waals surface area (Å²) < 4.78 is 216. The molecule has 0 unspecified atom stereocenters. The van der Waals surface area contributed by atoms with E-state index >= 15 is 0 Å². The van der Waals surface area contributed by atoms with Gasteiger partial charge in [0.15, 0.2) is 5.78 Å². The summed E-state index contributed by atoms with van der Waals surface area (Å²) in [5, 5.41) is 7.88. The van der Waals surface area contributed by atoms with Crippen LogP contribution in [0.5, 0.6) is 0 Å². The minimum absolute atomic E-state index is 0. The van der Waals surface area contributed by atoms with Crippen molar-refractivity contribution < 1.29 is 160 Å². The maximum atomic E-state index is 13.0. The van der Waals surface area contributed by atoms with Gasteiger partial charge in [-0.05, 0) is 127 Å². The summed E-state index contributed by atoms with van der Waals surface area (Å²) in [4.78, 5) is 100.0. The molecule has 46 heteroatoms. The minimum atomic E-state index is -4.68. The van der Waals surface area contributed by atoms with Gasteiger partial charge in [0, 0.05) is 21.9 Å². The van der Waals surface area contributed by atoms with Crippen molar-refractivity contribution in [1.29, 1.82) is 0 Å². The Morgan fingerprint density at radius 3 is 1.31 bits per heavy atom. The topological polar surface area (TPSA) is 383 Å². The van der Waals surface area contributed by atoms with Gasteiger partial charge in [0.25, 0.3) is 11.8 Å². The molecule has 0 saturated heterocycles. The van der Waals surface area contributed by atoms with Crippen LogP contribution in [0.4, 0.5) is 65.9 Å². The number of hydrogen-bond donors (Lipinski definition) is 5. The molecule has 1 aliphatic heterocycles. The van der Waals surface area contributed by atoms with Gasteiger partial charge in [-0.1, -0.05) is 34.4 Å². The predicted molar refractivity (Wildman–Crippen MR) is 358 cm³/mol. The van der Waals surface area contributed by atoms with Crippen molar-refractivity contribution in [3.8, 4) is 0 Å². The molecule has 585 valence electrons. The first-order valence-corrected chi connectivity index (χ1v) is 32.1. The van der Waals surface area contributed by atoms with E-state index in [-0.39, 0.29) is 157 Å². The molecule has 7 aromatic heterocycles. The molecule has 3 amide bonds. The number of Topliss-reactive ketones (excluding diaryl/α,β-unsaturated/α-hetero) is 1. The Kier molecular flexibility index (Phi) is 45.3.